The first-order valence-corrected chi connectivity index (χ1v) is 16.6. The van der Waals surface area contributed by atoms with Gasteiger partial charge in [0.25, 0.3) is 11.8 Å². The molecule has 3 amide bonds. The summed E-state index contributed by atoms with van der Waals surface area (Å²) in [5.41, 5.74) is 10.1. The van der Waals surface area contributed by atoms with E-state index in [9.17, 15) is 14.4 Å². The van der Waals surface area contributed by atoms with Crippen molar-refractivity contribution in [2.75, 3.05) is 26.7 Å². The zero-order valence-corrected chi connectivity index (χ0v) is 27.4. The van der Waals surface area contributed by atoms with Gasteiger partial charge in [-0.05, 0) is 113 Å². The zero-order valence-electron chi connectivity index (χ0n) is 27.4. The van der Waals surface area contributed by atoms with Crippen molar-refractivity contribution in [2.24, 2.45) is 17.6 Å². The van der Waals surface area contributed by atoms with Crippen LogP contribution in [0.4, 0.5) is 0 Å². The fourth-order valence-electron chi connectivity index (χ4n) is 6.90. The summed E-state index contributed by atoms with van der Waals surface area (Å²) in [6.45, 7) is 5.98. The summed E-state index contributed by atoms with van der Waals surface area (Å²) >= 11 is 0. The number of likely N-dealkylation sites (tertiary alicyclic amines) is 1. The first-order chi connectivity index (χ1) is 22.2. The Balaban J connectivity index is 1.41. The predicted octanol–water partition coefficient (Wildman–Crippen LogP) is 5.51. The number of rotatable bonds is 10. The Kier molecular flexibility index (Phi) is 11.1. The lowest BCUT2D eigenvalue weighted by molar-refractivity contribution is -0.127. The molecular formula is C38H48N4O4. The molecule has 1 aliphatic carbocycles. The molecule has 0 aromatic heterocycles. The van der Waals surface area contributed by atoms with Crippen LogP contribution in [0, 0.1) is 25.7 Å². The molecular weight excluding hydrogens is 576 g/mol. The maximum Gasteiger partial charge on any atom is 0.254 e. The van der Waals surface area contributed by atoms with E-state index in [1.54, 1.807) is 12.0 Å². The Labute approximate surface area is 273 Å². The summed E-state index contributed by atoms with van der Waals surface area (Å²) < 4.78 is 5.46. The number of nitrogens with two attached hydrogens (primary N) is 1. The lowest BCUT2D eigenvalue weighted by Gasteiger charge is -2.43. The van der Waals surface area contributed by atoms with Crippen molar-refractivity contribution in [2.45, 2.75) is 71.0 Å². The number of methoxy groups -OCH3 is 1. The molecule has 8 heteroatoms. The summed E-state index contributed by atoms with van der Waals surface area (Å²) in [6.07, 6.45) is 5.17. The number of ether oxygens (including phenoxy) is 1. The van der Waals surface area contributed by atoms with Crippen LogP contribution in [-0.2, 0) is 11.3 Å². The molecule has 8 nitrogen and oxygen atoms in total. The van der Waals surface area contributed by atoms with Gasteiger partial charge in [-0.15, -0.1) is 0 Å². The number of hydrogen-bond acceptors (Lipinski definition) is 5. The van der Waals surface area contributed by atoms with E-state index in [-0.39, 0.29) is 23.8 Å². The van der Waals surface area contributed by atoms with Crippen LogP contribution in [-0.4, -0.2) is 66.3 Å². The van der Waals surface area contributed by atoms with Gasteiger partial charge in [-0.25, -0.2) is 0 Å². The molecule has 244 valence electrons. The SMILES string of the molecule is COc1cccc(CN(C(=O)c2cccc(C)c2)C2CCN(C(=O)c3ccc(C)cc3)[C@@H](C(=O)NCC3CCC(CN)CC3)C2)c1. The van der Waals surface area contributed by atoms with E-state index < -0.39 is 6.04 Å². The average molecular weight is 625 g/mol. The van der Waals surface area contributed by atoms with E-state index in [1.165, 1.54) is 0 Å². The maximum atomic E-state index is 14.2. The molecule has 46 heavy (non-hydrogen) atoms. The van der Waals surface area contributed by atoms with Crippen LogP contribution in [0.25, 0.3) is 0 Å². The normalized spacial score (nSPS) is 21.3. The van der Waals surface area contributed by atoms with Gasteiger partial charge in [-0.3, -0.25) is 14.4 Å². The van der Waals surface area contributed by atoms with Gasteiger partial charge in [0.1, 0.15) is 11.8 Å². The topological polar surface area (TPSA) is 105 Å². The Morgan fingerprint density at radius 3 is 2.28 bits per heavy atom. The monoisotopic (exact) mass is 624 g/mol. The lowest BCUT2D eigenvalue weighted by atomic mass is 9.82. The molecule has 1 unspecified atom stereocenters. The van der Waals surface area contributed by atoms with Gasteiger partial charge >= 0.3 is 0 Å². The van der Waals surface area contributed by atoms with E-state index >= 15 is 0 Å². The highest BCUT2D eigenvalue weighted by atomic mass is 16.5. The fraction of sp³-hybridized carbons (Fsp3) is 0.447. The highest BCUT2D eigenvalue weighted by Gasteiger charge is 2.40. The number of aryl methyl sites for hydroxylation is 2. The molecule has 2 aliphatic rings. The molecule has 3 aromatic carbocycles. The number of nitrogens with one attached hydrogen (secondary N) is 1. The van der Waals surface area contributed by atoms with Gasteiger partial charge < -0.3 is 25.6 Å². The van der Waals surface area contributed by atoms with Crippen LogP contribution < -0.4 is 15.8 Å². The van der Waals surface area contributed by atoms with Gasteiger partial charge in [-0.2, -0.15) is 0 Å². The first kappa shape index (κ1) is 33.2. The third-order valence-electron chi connectivity index (χ3n) is 9.76. The summed E-state index contributed by atoms with van der Waals surface area (Å²) in [5, 5.41) is 3.21. The van der Waals surface area contributed by atoms with Gasteiger partial charge in [0.2, 0.25) is 5.91 Å². The van der Waals surface area contributed by atoms with E-state index in [1.807, 2.05) is 91.5 Å². The van der Waals surface area contributed by atoms with Crippen LogP contribution in [0.2, 0.25) is 0 Å². The molecule has 0 spiro atoms. The van der Waals surface area contributed by atoms with Crippen molar-refractivity contribution < 1.29 is 19.1 Å². The van der Waals surface area contributed by atoms with Gasteiger partial charge in [0, 0.05) is 36.8 Å². The van der Waals surface area contributed by atoms with Crippen molar-refractivity contribution in [3.05, 3.63) is 101 Å². The standard InChI is InChI=1S/C38H48N4O4/c1-26-10-16-31(17-11-26)37(44)41-19-18-33(22-35(41)36(43)40-24-29-14-12-28(23-39)13-15-29)42(25-30-7-5-9-34(21-30)46-3)38(45)32-8-4-6-27(2)20-32/h4-11,16-17,20-21,28-29,33,35H,12-15,18-19,22-25,39H2,1-3H3,(H,40,43)/t28?,29?,33?,35-/m1/s1. The van der Waals surface area contributed by atoms with Crippen LogP contribution in [0.5, 0.6) is 5.75 Å². The minimum Gasteiger partial charge on any atom is -0.497 e. The molecule has 3 aromatic rings. The van der Waals surface area contributed by atoms with Crippen LogP contribution in [0.15, 0.2) is 72.8 Å². The molecule has 1 saturated heterocycles. The third-order valence-corrected chi connectivity index (χ3v) is 9.76. The van der Waals surface area contributed by atoms with E-state index in [2.05, 4.69) is 5.32 Å². The van der Waals surface area contributed by atoms with Crippen molar-refractivity contribution in [1.82, 2.24) is 15.1 Å². The Hall–Kier alpha value is -4.17. The lowest BCUT2D eigenvalue weighted by Crippen LogP contribution is -2.58. The van der Waals surface area contributed by atoms with Crippen LogP contribution in [0.3, 0.4) is 0 Å². The average Bonchev–Trinajstić information content (AvgIpc) is 3.09. The maximum absolute atomic E-state index is 14.2. The van der Waals surface area contributed by atoms with Crippen molar-refractivity contribution in [3.63, 3.8) is 0 Å². The summed E-state index contributed by atoms with van der Waals surface area (Å²) in [5.74, 6) is 1.28. The van der Waals surface area contributed by atoms with Crippen LogP contribution >= 0.6 is 0 Å². The predicted molar refractivity (Wildman–Crippen MR) is 181 cm³/mol. The number of carbonyl (C=O) groups is 3. The van der Waals surface area contributed by atoms with E-state index in [4.69, 9.17) is 10.5 Å². The van der Waals surface area contributed by atoms with Crippen molar-refractivity contribution in [3.8, 4) is 5.75 Å². The van der Waals surface area contributed by atoms with E-state index in [0.717, 1.165) is 48.1 Å². The quantitative estimate of drug-likeness (QED) is 0.310. The zero-order chi connectivity index (χ0) is 32.6. The number of benzene rings is 3. The second-order valence-corrected chi connectivity index (χ2v) is 13.1. The Morgan fingerprint density at radius 2 is 1.59 bits per heavy atom. The van der Waals surface area contributed by atoms with Gasteiger partial charge in [-0.1, -0.05) is 47.5 Å². The van der Waals surface area contributed by atoms with E-state index in [0.29, 0.717) is 62.0 Å². The molecule has 0 radical (unpaired) electrons. The minimum absolute atomic E-state index is 0.0920. The number of hydrogen-bond donors (Lipinski definition) is 2. The second-order valence-electron chi connectivity index (χ2n) is 13.1. The molecule has 1 saturated carbocycles. The number of carbonyl (C=O) groups excluding carboxylic acids is 3. The molecule has 3 N–H and O–H groups in total. The Bertz CT molecular complexity index is 1500. The molecule has 1 aliphatic heterocycles. The van der Waals surface area contributed by atoms with Gasteiger partial charge in [0.15, 0.2) is 0 Å². The molecule has 1 heterocycles. The van der Waals surface area contributed by atoms with Crippen molar-refractivity contribution >= 4 is 17.7 Å². The fourth-order valence-corrected chi connectivity index (χ4v) is 6.90. The summed E-state index contributed by atoms with van der Waals surface area (Å²) in [4.78, 5) is 45.7. The summed E-state index contributed by atoms with van der Waals surface area (Å²) in [6, 6.07) is 21.9. The van der Waals surface area contributed by atoms with Gasteiger partial charge in [0.05, 0.1) is 7.11 Å². The molecule has 2 atom stereocenters. The second kappa shape index (κ2) is 15.4. The van der Waals surface area contributed by atoms with Crippen LogP contribution in [0.1, 0.15) is 75.9 Å². The Morgan fingerprint density at radius 1 is 0.870 bits per heavy atom. The molecule has 0 bridgehead atoms. The third kappa shape index (κ3) is 8.15. The largest absolute Gasteiger partial charge is 0.497 e. The smallest absolute Gasteiger partial charge is 0.254 e. The number of nitrogens with zero attached hydrogens (tertiary/aromatic N) is 2. The minimum atomic E-state index is -0.703. The first-order valence-electron chi connectivity index (χ1n) is 16.6. The number of amides is 3. The highest BCUT2D eigenvalue weighted by Crippen LogP contribution is 2.30. The molecule has 5 rings (SSSR count). The molecule has 2 fully saturated rings. The van der Waals surface area contributed by atoms with Crippen molar-refractivity contribution in [1.29, 1.82) is 0 Å². The summed E-state index contributed by atoms with van der Waals surface area (Å²) in [7, 11) is 1.63. The number of piperidine rings is 1. The highest BCUT2D eigenvalue weighted by molar-refractivity contribution is 5.98.